The van der Waals surface area contributed by atoms with Gasteiger partial charge in [0.05, 0.1) is 15.5 Å². The molecule has 1 saturated carbocycles. The SMILES string of the molecule is CCC1(NC(=O)c2ccc([N+](=O)[O-])cc2Cl)CCC1. The standard InChI is InChI=1S/C13H15ClN2O3/c1-2-13(6-3-7-13)15-12(17)10-5-4-9(16(18)19)8-11(10)14/h4-5,8H,2-3,6-7H2,1H3,(H,15,17). The largest absolute Gasteiger partial charge is 0.347 e. The van der Waals surface area contributed by atoms with Crippen molar-refractivity contribution in [3.8, 4) is 0 Å². The molecule has 0 spiro atoms. The van der Waals surface area contributed by atoms with E-state index in [0.29, 0.717) is 0 Å². The minimum atomic E-state index is -0.535. The van der Waals surface area contributed by atoms with Gasteiger partial charge in [-0.25, -0.2) is 0 Å². The summed E-state index contributed by atoms with van der Waals surface area (Å²) in [6.07, 6.45) is 3.94. The second-order valence-electron chi connectivity index (χ2n) is 4.86. The van der Waals surface area contributed by atoms with Crippen LogP contribution >= 0.6 is 11.6 Å². The van der Waals surface area contributed by atoms with Crippen molar-refractivity contribution in [3.63, 3.8) is 0 Å². The van der Waals surface area contributed by atoms with Crippen LogP contribution in [0.5, 0.6) is 0 Å². The zero-order valence-electron chi connectivity index (χ0n) is 10.6. The molecule has 1 aromatic carbocycles. The minimum Gasteiger partial charge on any atom is -0.347 e. The molecule has 0 aliphatic heterocycles. The molecule has 6 heteroatoms. The number of non-ortho nitro benzene ring substituents is 1. The summed E-state index contributed by atoms with van der Waals surface area (Å²) in [4.78, 5) is 22.2. The third-order valence-electron chi connectivity index (χ3n) is 3.77. The molecule has 5 nitrogen and oxygen atoms in total. The van der Waals surface area contributed by atoms with Crippen LogP contribution in [0.4, 0.5) is 5.69 Å². The number of halogens is 1. The average Bonchev–Trinajstić information content (AvgIpc) is 2.33. The van der Waals surface area contributed by atoms with Crippen molar-refractivity contribution >= 4 is 23.2 Å². The van der Waals surface area contributed by atoms with Crippen LogP contribution in [0.1, 0.15) is 43.0 Å². The number of benzene rings is 1. The molecule has 1 fully saturated rings. The lowest BCUT2D eigenvalue weighted by atomic mass is 9.74. The Bertz CT molecular complexity index is 521. The number of hydrogen-bond acceptors (Lipinski definition) is 3. The fourth-order valence-corrected chi connectivity index (χ4v) is 2.54. The quantitative estimate of drug-likeness (QED) is 0.680. The Morgan fingerprint density at radius 3 is 2.63 bits per heavy atom. The van der Waals surface area contributed by atoms with Crippen LogP contribution in [0.25, 0.3) is 0 Å². The van der Waals surface area contributed by atoms with Gasteiger partial charge in [-0.2, -0.15) is 0 Å². The first kappa shape index (κ1) is 13.8. The van der Waals surface area contributed by atoms with Crippen LogP contribution in [0, 0.1) is 10.1 Å². The van der Waals surface area contributed by atoms with Crippen molar-refractivity contribution in [2.75, 3.05) is 0 Å². The Labute approximate surface area is 116 Å². The maximum Gasteiger partial charge on any atom is 0.270 e. The van der Waals surface area contributed by atoms with Gasteiger partial charge in [-0.3, -0.25) is 14.9 Å². The van der Waals surface area contributed by atoms with Crippen LogP contribution in [-0.2, 0) is 0 Å². The molecule has 1 aliphatic rings. The van der Waals surface area contributed by atoms with E-state index < -0.39 is 4.92 Å². The number of nitro benzene ring substituents is 1. The number of hydrogen-bond donors (Lipinski definition) is 1. The van der Waals surface area contributed by atoms with Crippen molar-refractivity contribution < 1.29 is 9.72 Å². The summed E-state index contributed by atoms with van der Waals surface area (Å²) in [5, 5.41) is 13.7. The zero-order valence-corrected chi connectivity index (χ0v) is 11.4. The van der Waals surface area contributed by atoms with Gasteiger partial charge in [0, 0.05) is 17.7 Å². The number of nitro groups is 1. The summed E-state index contributed by atoms with van der Waals surface area (Å²) in [5.41, 5.74) is 0.0461. The number of carbonyl (C=O) groups is 1. The minimum absolute atomic E-state index is 0.109. The van der Waals surface area contributed by atoms with Gasteiger partial charge >= 0.3 is 0 Å². The first-order valence-electron chi connectivity index (χ1n) is 6.24. The highest BCUT2D eigenvalue weighted by Gasteiger charge is 2.36. The summed E-state index contributed by atoms with van der Waals surface area (Å²) in [7, 11) is 0. The summed E-state index contributed by atoms with van der Waals surface area (Å²) < 4.78 is 0. The number of rotatable bonds is 4. The Hall–Kier alpha value is -1.62. The van der Waals surface area contributed by atoms with E-state index in [1.807, 2.05) is 6.92 Å². The number of carbonyl (C=O) groups excluding carboxylic acids is 1. The molecule has 0 saturated heterocycles. The maximum atomic E-state index is 12.1. The highest BCUT2D eigenvalue weighted by atomic mass is 35.5. The summed E-state index contributed by atoms with van der Waals surface area (Å²) in [6.45, 7) is 2.04. The summed E-state index contributed by atoms with van der Waals surface area (Å²) in [5.74, 6) is -0.263. The van der Waals surface area contributed by atoms with E-state index >= 15 is 0 Å². The second-order valence-corrected chi connectivity index (χ2v) is 5.27. The van der Waals surface area contributed by atoms with Crippen molar-refractivity contribution in [3.05, 3.63) is 38.9 Å². The van der Waals surface area contributed by atoms with E-state index in [-0.39, 0.29) is 27.7 Å². The van der Waals surface area contributed by atoms with Crippen LogP contribution in [-0.4, -0.2) is 16.4 Å². The van der Waals surface area contributed by atoms with E-state index in [1.54, 1.807) is 0 Å². The van der Waals surface area contributed by atoms with Crippen LogP contribution in [0.2, 0.25) is 5.02 Å². The van der Waals surface area contributed by atoms with Crippen molar-refractivity contribution in [1.29, 1.82) is 0 Å². The lowest BCUT2D eigenvalue weighted by molar-refractivity contribution is -0.384. The van der Waals surface area contributed by atoms with E-state index in [2.05, 4.69) is 5.32 Å². The van der Waals surface area contributed by atoms with Crippen molar-refractivity contribution in [2.24, 2.45) is 0 Å². The molecule has 2 rings (SSSR count). The molecule has 0 atom stereocenters. The lowest BCUT2D eigenvalue weighted by Crippen LogP contribution is -2.53. The summed E-state index contributed by atoms with van der Waals surface area (Å²) >= 11 is 5.94. The third kappa shape index (κ3) is 2.71. The van der Waals surface area contributed by atoms with E-state index in [9.17, 15) is 14.9 Å². The van der Waals surface area contributed by atoms with Gasteiger partial charge in [-0.05, 0) is 31.7 Å². The van der Waals surface area contributed by atoms with Gasteiger partial charge in [0.15, 0.2) is 0 Å². The molecule has 19 heavy (non-hydrogen) atoms. The molecule has 0 radical (unpaired) electrons. The van der Waals surface area contributed by atoms with Gasteiger partial charge in [0.25, 0.3) is 11.6 Å². The molecule has 1 aromatic rings. The van der Waals surface area contributed by atoms with Crippen molar-refractivity contribution in [2.45, 2.75) is 38.1 Å². The summed E-state index contributed by atoms with van der Waals surface area (Å²) in [6, 6.07) is 3.90. The lowest BCUT2D eigenvalue weighted by Gasteiger charge is -2.42. The van der Waals surface area contributed by atoms with E-state index in [1.165, 1.54) is 18.2 Å². The number of nitrogens with one attached hydrogen (secondary N) is 1. The Balaban J connectivity index is 2.17. The maximum absolute atomic E-state index is 12.1. The van der Waals surface area contributed by atoms with Gasteiger partial charge in [-0.15, -0.1) is 0 Å². The molecular formula is C13H15ClN2O3. The molecular weight excluding hydrogens is 268 g/mol. The molecule has 1 amide bonds. The molecule has 102 valence electrons. The van der Waals surface area contributed by atoms with Gasteiger partial charge < -0.3 is 5.32 Å². The Kier molecular flexibility index (Phi) is 3.75. The topological polar surface area (TPSA) is 72.2 Å². The van der Waals surface area contributed by atoms with Crippen LogP contribution in [0.15, 0.2) is 18.2 Å². The fourth-order valence-electron chi connectivity index (χ4n) is 2.28. The zero-order chi connectivity index (χ0) is 14.0. The molecule has 0 bridgehead atoms. The monoisotopic (exact) mass is 282 g/mol. The third-order valence-corrected chi connectivity index (χ3v) is 4.09. The first-order valence-corrected chi connectivity index (χ1v) is 6.62. The van der Waals surface area contributed by atoms with E-state index in [0.717, 1.165) is 25.7 Å². The van der Waals surface area contributed by atoms with Crippen LogP contribution < -0.4 is 5.32 Å². The highest BCUT2D eigenvalue weighted by Crippen LogP contribution is 2.35. The molecule has 1 N–H and O–H groups in total. The van der Waals surface area contributed by atoms with E-state index in [4.69, 9.17) is 11.6 Å². The second kappa shape index (κ2) is 5.17. The molecule has 0 unspecified atom stereocenters. The Morgan fingerprint density at radius 1 is 1.53 bits per heavy atom. The molecule has 1 aliphatic carbocycles. The first-order chi connectivity index (χ1) is 8.97. The van der Waals surface area contributed by atoms with Crippen molar-refractivity contribution in [1.82, 2.24) is 5.32 Å². The predicted molar refractivity (Wildman–Crippen MR) is 72.4 cm³/mol. The average molecular weight is 283 g/mol. The number of nitrogens with zero attached hydrogens (tertiary/aromatic N) is 1. The number of amides is 1. The molecule has 0 aromatic heterocycles. The van der Waals surface area contributed by atoms with Gasteiger partial charge in [0.2, 0.25) is 0 Å². The predicted octanol–water partition coefficient (Wildman–Crippen LogP) is 3.31. The fraction of sp³-hybridized carbons (Fsp3) is 0.462. The van der Waals surface area contributed by atoms with Gasteiger partial charge in [0.1, 0.15) is 0 Å². The Morgan fingerprint density at radius 2 is 2.21 bits per heavy atom. The smallest absolute Gasteiger partial charge is 0.270 e. The van der Waals surface area contributed by atoms with Gasteiger partial charge in [-0.1, -0.05) is 18.5 Å². The molecule has 0 heterocycles. The normalized spacial score (nSPS) is 16.5. The highest BCUT2D eigenvalue weighted by molar-refractivity contribution is 6.34. The van der Waals surface area contributed by atoms with Crippen LogP contribution in [0.3, 0.4) is 0 Å².